The summed E-state index contributed by atoms with van der Waals surface area (Å²) in [4.78, 5) is 24.8. The van der Waals surface area contributed by atoms with Gasteiger partial charge in [0.2, 0.25) is 5.91 Å². The summed E-state index contributed by atoms with van der Waals surface area (Å²) in [6, 6.07) is 6.83. The SMILES string of the molecule is CC(=O)N(/C=C(/C#N)C(=O)Nc1cc(Cl)ccc1C)CCN. The molecule has 1 aromatic rings. The zero-order chi connectivity index (χ0) is 16.7. The van der Waals surface area contributed by atoms with Crippen LogP contribution in [0, 0.1) is 18.3 Å². The van der Waals surface area contributed by atoms with Crippen molar-refractivity contribution in [2.24, 2.45) is 5.73 Å². The number of hydrogen-bond donors (Lipinski definition) is 2. The molecule has 7 heteroatoms. The lowest BCUT2D eigenvalue weighted by atomic mass is 10.2. The maximum absolute atomic E-state index is 12.2. The Kier molecular flexibility index (Phi) is 6.57. The molecule has 0 saturated carbocycles. The average molecular weight is 321 g/mol. The van der Waals surface area contributed by atoms with E-state index in [1.165, 1.54) is 18.0 Å². The lowest BCUT2D eigenvalue weighted by Gasteiger charge is -2.16. The van der Waals surface area contributed by atoms with Crippen LogP contribution in [0.4, 0.5) is 5.69 Å². The number of halogens is 1. The first-order chi connectivity index (χ1) is 10.4. The first-order valence-corrected chi connectivity index (χ1v) is 6.93. The van der Waals surface area contributed by atoms with Crippen molar-refractivity contribution in [1.82, 2.24) is 4.90 Å². The van der Waals surface area contributed by atoms with E-state index in [4.69, 9.17) is 22.6 Å². The average Bonchev–Trinajstić information content (AvgIpc) is 2.46. The van der Waals surface area contributed by atoms with Gasteiger partial charge in [-0.15, -0.1) is 0 Å². The molecule has 0 fully saturated rings. The van der Waals surface area contributed by atoms with Gasteiger partial charge in [0.25, 0.3) is 5.91 Å². The van der Waals surface area contributed by atoms with E-state index in [9.17, 15) is 9.59 Å². The van der Waals surface area contributed by atoms with E-state index in [0.29, 0.717) is 10.7 Å². The van der Waals surface area contributed by atoms with Crippen LogP contribution in [0.15, 0.2) is 30.0 Å². The van der Waals surface area contributed by atoms with Crippen LogP contribution in [0.25, 0.3) is 0 Å². The van der Waals surface area contributed by atoms with Crippen LogP contribution < -0.4 is 11.1 Å². The Hall–Kier alpha value is -2.36. The van der Waals surface area contributed by atoms with Gasteiger partial charge in [0.05, 0.1) is 0 Å². The summed E-state index contributed by atoms with van der Waals surface area (Å²) in [6.45, 7) is 3.59. The second-order valence-corrected chi connectivity index (χ2v) is 5.01. The number of nitrogens with zero attached hydrogens (tertiary/aromatic N) is 2. The van der Waals surface area contributed by atoms with Crippen LogP contribution in [-0.4, -0.2) is 29.8 Å². The van der Waals surface area contributed by atoms with Crippen molar-refractivity contribution in [2.45, 2.75) is 13.8 Å². The first kappa shape index (κ1) is 17.7. The molecule has 2 amide bonds. The molecule has 1 rings (SSSR count). The largest absolute Gasteiger partial charge is 0.329 e. The zero-order valence-electron chi connectivity index (χ0n) is 12.4. The molecule has 0 spiro atoms. The van der Waals surface area contributed by atoms with E-state index in [1.807, 2.05) is 0 Å². The number of nitrogens with two attached hydrogens (primary N) is 1. The summed E-state index contributed by atoms with van der Waals surface area (Å²) in [6.07, 6.45) is 1.20. The van der Waals surface area contributed by atoms with Gasteiger partial charge in [-0.05, 0) is 24.6 Å². The summed E-state index contributed by atoms with van der Waals surface area (Å²) >= 11 is 5.88. The molecule has 0 heterocycles. The minimum absolute atomic E-state index is 0.192. The summed E-state index contributed by atoms with van der Waals surface area (Å²) in [5, 5.41) is 12.2. The van der Waals surface area contributed by atoms with E-state index in [0.717, 1.165) is 5.56 Å². The van der Waals surface area contributed by atoms with E-state index >= 15 is 0 Å². The summed E-state index contributed by atoms with van der Waals surface area (Å²) in [5.74, 6) is -0.916. The molecule has 22 heavy (non-hydrogen) atoms. The topological polar surface area (TPSA) is 99.2 Å². The molecule has 116 valence electrons. The van der Waals surface area contributed by atoms with Crippen LogP contribution in [0.5, 0.6) is 0 Å². The number of anilines is 1. The van der Waals surface area contributed by atoms with Gasteiger partial charge in [0.15, 0.2) is 0 Å². The fraction of sp³-hybridized carbons (Fsp3) is 0.267. The molecule has 1 aromatic carbocycles. The fourth-order valence-electron chi connectivity index (χ4n) is 1.66. The number of rotatable bonds is 5. The lowest BCUT2D eigenvalue weighted by Crippen LogP contribution is -2.30. The number of amides is 2. The fourth-order valence-corrected chi connectivity index (χ4v) is 1.84. The van der Waals surface area contributed by atoms with Gasteiger partial charge in [-0.3, -0.25) is 9.59 Å². The highest BCUT2D eigenvalue weighted by molar-refractivity contribution is 6.31. The molecule has 0 radical (unpaired) electrons. The third-order valence-corrected chi connectivity index (χ3v) is 3.11. The van der Waals surface area contributed by atoms with Crippen molar-refractivity contribution in [1.29, 1.82) is 5.26 Å². The molecule has 6 nitrogen and oxygen atoms in total. The second kappa shape index (κ2) is 8.17. The minimum Gasteiger partial charge on any atom is -0.329 e. The molecule has 0 unspecified atom stereocenters. The van der Waals surface area contributed by atoms with Crippen LogP contribution >= 0.6 is 11.6 Å². The Morgan fingerprint density at radius 3 is 2.73 bits per heavy atom. The number of carbonyl (C=O) groups excluding carboxylic acids is 2. The zero-order valence-corrected chi connectivity index (χ0v) is 13.1. The maximum atomic E-state index is 12.2. The molecule has 0 aliphatic carbocycles. The maximum Gasteiger partial charge on any atom is 0.267 e. The predicted octanol–water partition coefficient (Wildman–Crippen LogP) is 1.80. The van der Waals surface area contributed by atoms with Crippen molar-refractivity contribution in [2.75, 3.05) is 18.4 Å². The van der Waals surface area contributed by atoms with Crippen LogP contribution in [0.1, 0.15) is 12.5 Å². The Morgan fingerprint density at radius 1 is 1.50 bits per heavy atom. The summed E-state index contributed by atoms with van der Waals surface area (Å²) in [5.41, 5.74) is 6.52. The smallest absolute Gasteiger partial charge is 0.267 e. The number of aryl methyl sites for hydroxylation is 1. The van der Waals surface area contributed by atoms with Crippen molar-refractivity contribution < 1.29 is 9.59 Å². The third-order valence-electron chi connectivity index (χ3n) is 2.87. The van der Waals surface area contributed by atoms with E-state index in [1.54, 1.807) is 31.2 Å². The molecular formula is C15H17ClN4O2. The molecule has 3 N–H and O–H groups in total. The highest BCUT2D eigenvalue weighted by Gasteiger charge is 2.14. The van der Waals surface area contributed by atoms with Crippen molar-refractivity contribution in [3.63, 3.8) is 0 Å². The normalized spacial score (nSPS) is 10.8. The Morgan fingerprint density at radius 2 is 2.18 bits per heavy atom. The number of benzene rings is 1. The standard InChI is InChI=1S/C15H17ClN4O2/c1-10-3-4-13(16)7-14(10)19-15(22)12(8-18)9-20(6-5-17)11(2)21/h3-4,7,9H,5-6,17H2,1-2H3,(H,19,22)/b12-9-. The lowest BCUT2D eigenvalue weighted by molar-refractivity contribution is -0.126. The quantitative estimate of drug-likeness (QED) is 0.638. The molecule has 0 aliphatic heterocycles. The molecule has 0 atom stereocenters. The number of carbonyl (C=O) groups is 2. The Labute approximate surface area is 134 Å². The first-order valence-electron chi connectivity index (χ1n) is 6.55. The van der Waals surface area contributed by atoms with Gasteiger partial charge < -0.3 is 16.0 Å². The molecule has 0 aliphatic rings. The monoisotopic (exact) mass is 320 g/mol. The van der Waals surface area contributed by atoms with Crippen LogP contribution in [0.2, 0.25) is 5.02 Å². The highest BCUT2D eigenvalue weighted by atomic mass is 35.5. The Bertz CT molecular complexity index is 649. The molecular weight excluding hydrogens is 304 g/mol. The summed E-state index contributed by atoms with van der Waals surface area (Å²) < 4.78 is 0. The number of hydrogen-bond acceptors (Lipinski definition) is 4. The van der Waals surface area contributed by atoms with Crippen LogP contribution in [0.3, 0.4) is 0 Å². The minimum atomic E-state index is -0.615. The van der Waals surface area contributed by atoms with E-state index in [2.05, 4.69) is 5.32 Å². The number of nitriles is 1. The van der Waals surface area contributed by atoms with Gasteiger partial charge >= 0.3 is 0 Å². The van der Waals surface area contributed by atoms with Crippen molar-refractivity contribution in [3.8, 4) is 6.07 Å². The molecule has 0 saturated heterocycles. The van der Waals surface area contributed by atoms with E-state index in [-0.39, 0.29) is 24.6 Å². The van der Waals surface area contributed by atoms with Gasteiger partial charge in [-0.2, -0.15) is 5.26 Å². The number of nitrogens with one attached hydrogen (secondary N) is 1. The summed E-state index contributed by atoms with van der Waals surface area (Å²) in [7, 11) is 0. The predicted molar refractivity (Wildman–Crippen MR) is 85.0 cm³/mol. The third kappa shape index (κ3) is 4.88. The molecule has 0 bridgehead atoms. The Balaban J connectivity index is 3.00. The second-order valence-electron chi connectivity index (χ2n) is 4.57. The van der Waals surface area contributed by atoms with Gasteiger partial charge in [-0.1, -0.05) is 17.7 Å². The van der Waals surface area contributed by atoms with Crippen LogP contribution in [-0.2, 0) is 9.59 Å². The van der Waals surface area contributed by atoms with Gasteiger partial charge in [0.1, 0.15) is 11.6 Å². The van der Waals surface area contributed by atoms with Crippen molar-refractivity contribution >= 4 is 29.1 Å². The highest BCUT2D eigenvalue weighted by Crippen LogP contribution is 2.20. The van der Waals surface area contributed by atoms with Crippen molar-refractivity contribution in [3.05, 3.63) is 40.6 Å². The van der Waals surface area contributed by atoms with Gasteiger partial charge in [-0.25, -0.2) is 0 Å². The van der Waals surface area contributed by atoms with Gasteiger partial charge in [0, 0.05) is 36.9 Å². The molecule has 0 aromatic heterocycles. The van der Waals surface area contributed by atoms with E-state index < -0.39 is 5.91 Å².